The Morgan fingerprint density at radius 1 is 1.05 bits per heavy atom. The van der Waals surface area contributed by atoms with E-state index in [4.69, 9.17) is 0 Å². The number of Topliss-reactive ketones (excluding diaryl/α,β-unsaturated/α-hetero) is 1. The van der Waals surface area contributed by atoms with Crippen LogP contribution >= 0.6 is 0 Å². The molecule has 0 N–H and O–H groups in total. The Hall–Kier alpha value is -2.22. The van der Waals surface area contributed by atoms with Crippen LogP contribution in [-0.2, 0) is 11.2 Å². The van der Waals surface area contributed by atoms with Crippen LogP contribution in [0.5, 0.6) is 0 Å². The van der Waals surface area contributed by atoms with E-state index in [1.165, 1.54) is 0 Å². The monoisotopic (exact) mass is 279 g/mol. The molecule has 0 aliphatic rings. The van der Waals surface area contributed by atoms with Crippen molar-refractivity contribution in [2.45, 2.75) is 32.1 Å². The maximum atomic E-state index is 12.4. The highest BCUT2D eigenvalue weighted by molar-refractivity contribution is 5.98. The lowest BCUT2D eigenvalue weighted by Gasteiger charge is -2.12. The summed E-state index contributed by atoms with van der Waals surface area (Å²) in [7, 11) is 0. The van der Waals surface area contributed by atoms with Crippen molar-refractivity contribution in [2.24, 2.45) is 0 Å². The first-order valence-corrected chi connectivity index (χ1v) is 7.30. The number of aryl methyl sites for hydroxylation is 1. The van der Waals surface area contributed by atoms with Gasteiger partial charge in [-0.25, -0.2) is 0 Å². The Labute approximate surface area is 125 Å². The zero-order valence-corrected chi connectivity index (χ0v) is 12.2. The van der Waals surface area contributed by atoms with Crippen molar-refractivity contribution < 1.29 is 9.59 Å². The second kappa shape index (κ2) is 7.53. The van der Waals surface area contributed by atoms with Gasteiger partial charge in [-0.05, 0) is 24.0 Å². The van der Waals surface area contributed by atoms with E-state index in [2.05, 4.69) is 0 Å². The van der Waals surface area contributed by atoms with E-state index >= 15 is 0 Å². The highest BCUT2D eigenvalue weighted by Crippen LogP contribution is 2.23. The summed E-state index contributed by atoms with van der Waals surface area (Å²) in [5.41, 5.74) is 2.61. The summed E-state index contributed by atoms with van der Waals surface area (Å²) in [5, 5.41) is 0. The molecule has 1 unspecified atom stereocenters. The van der Waals surface area contributed by atoms with E-state index in [1.54, 1.807) is 0 Å². The van der Waals surface area contributed by atoms with Crippen molar-refractivity contribution >= 4 is 12.1 Å². The molecule has 0 aliphatic carbocycles. The lowest BCUT2D eigenvalue weighted by atomic mass is 9.90. The highest BCUT2D eigenvalue weighted by Gasteiger charge is 2.17. The lowest BCUT2D eigenvalue weighted by molar-refractivity contribution is 0.0982. The first-order valence-electron chi connectivity index (χ1n) is 7.30. The molecule has 0 amide bonds. The molecule has 2 aromatic carbocycles. The van der Waals surface area contributed by atoms with Gasteiger partial charge in [0.15, 0.2) is 5.78 Å². The Balaban J connectivity index is 2.14. The van der Waals surface area contributed by atoms with Crippen LogP contribution in [0.4, 0.5) is 0 Å². The maximum Gasteiger partial charge on any atom is 0.206 e. The van der Waals surface area contributed by atoms with Crippen LogP contribution in [0, 0.1) is 0 Å². The van der Waals surface area contributed by atoms with Crippen LogP contribution in [0.3, 0.4) is 0 Å². The van der Waals surface area contributed by atoms with Gasteiger partial charge in [-0.3, -0.25) is 9.59 Å². The topological polar surface area (TPSA) is 34.1 Å². The van der Waals surface area contributed by atoms with Gasteiger partial charge in [0.1, 0.15) is 0 Å². The third kappa shape index (κ3) is 3.88. The van der Waals surface area contributed by atoms with Crippen LogP contribution in [0.2, 0.25) is 0 Å². The molecule has 1 atom stereocenters. The van der Waals surface area contributed by atoms with Crippen LogP contribution < -0.4 is 0 Å². The molecule has 0 aromatic heterocycles. The van der Waals surface area contributed by atoms with Gasteiger partial charge in [0.25, 0.3) is 0 Å². The summed E-state index contributed by atoms with van der Waals surface area (Å²) in [6.07, 6.45) is 3.87. The quantitative estimate of drug-likeness (QED) is 0.715. The Morgan fingerprint density at radius 3 is 2.38 bits per heavy atom. The van der Waals surface area contributed by atoms with Crippen molar-refractivity contribution in [3.8, 4) is 0 Å². The second-order valence-electron chi connectivity index (χ2n) is 5.07. The third-order valence-electron chi connectivity index (χ3n) is 3.67. The normalized spacial score (nSPS) is 11.9. The molecule has 0 aliphatic heterocycles. The van der Waals surface area contributed by atoms with Gasteiger partial charge in [0, 0.05) is 12.0 Å². The molecule has 2 nitrogen and oxygen atoms in total. The molecule has 107 valence electrons. The standard InChI is InChI=1S/C19H19O2/c1-2-16(14-20)17-10-6-7-11-18(17)19(21)13-12-15-8-4-3-5-9-15/h3-11,16H,2,12-13H2,1H3. The largest absolute Gasteiger partial charge is 0.294 e. The molecule has 0 saturated carbocycles. The fourth-order valence-corrected chi connectivity index (χ4v) is 2.46. The van der Waals surface area contributed by atoms with Crippen molar-refractivity contribution in [1.82, 2.24) is 0 Å². The number of hydrogen-bond acceptors (Lipinski definition) is 2. The number of carbonyl (C=O) groups excluding carboxylic acids is 2. The molecular formula is C19H19O2. The van der Waals surface area contributed by atoms with Crippen LogP contribution in [-0.4, -0.2) is 12.1 Å². The van der Waals surface area contributed by atoms with E-state index in [1.807, 2.05) is 67.8 Å². The fourth-order valence-electron chi connectivity index (χ4n) is 2.46. The predicted molar refractivity (Wildman–Crippen MR) is 84.3 cm³/mol. The van der Waals surface area contributed by atoms with Gasteiger partial charge in [-0.2, -0.15) is 0 Å². The van der Waals surface area contributed by atoms with Gasteiger partial charge in [0.05, 0.1) is 5.92 Å². The average Bonchev–Trinajstić information content (AvgIpc) is 2.55. The van der Waals surface area contributed by atoms with Crippen molar-refractivity contribution in [3.05, 3.63) is 71.3 Å². The zero-order chi connectivity index (χ0) is 15.1. The van der Waals surface area contributed by atoms with Crippen LogP contribution in [0.25, 0.3) is 0 Å². The van der Waals surface area contributed by atoms with Crippen LogP contribution in [0.15, 0.2) is 54.6 Å². The van der Waals surface area contributed by atoms with E-state index in [0.29, 0.717) is 18.4 Å². The smallest absolute Gasteiger partial charge is 0.206 e. The zero-order valence-electron chi connectivity index (χ0n) is 12.2. The van der Waals surface area contributed by atoms with Gasteiger partial charge in [-0.15, -0.1) is 0 Å². The van der Waals surface area contributed by atoms with Gasteiger partial charge in [-0.1, -0.05) is 61.5 Å². The summed E-state index contributed by atoms with van der Waals surface area (Å²) < 4.78 is 0. The third-order valence-corrected chi connectivity index (χ3v) is 3.67. The maximum absolute atomic E-state index is 12.4. The van der Waals surface area contributed by atoms with Gasteiger partial charge < -0.3 is 0 Å². The fraction of sp³-hybridized carbons (Fsp3) is 0.263. The summed E-state index contributed by atoms with van der Waals surface area (Å²) in [5.74, 6) is -0.231. The number of benzene rings is 2. The van der Waals surface area contributed by atoms with E-state index in [0.717, 1.165) is 17.5 Å². The molecule has 0 bridgehead atoms. The highest BCUT2D eigenvalue weighted by atomic mass is 16.1. The summed E-state index contributed by atoms with van der Waals surface area (Å²) in [4.78, 5) is 23.5. The molecule has 2 heteroatoms. The summed E-state index contributed by atoms with van der Waals surface area (Å²) in [6.45, 7) is 1.93. The van der Waals surface area contributed by atoms with Crippen molar-refractivity contribution in [1.29, 1.82) is 0 Å². The molecular weight excluding hydrogens is 260 g/mol. The first-order chi connectivity index (χ1) is 10.3. The molecule has 21 heavy (non-hydrogen) atoms. The van der Waals surface area contributed by atoms with E-state index < -0.39 is 0 Å². The molecule has 0 fully saturated rings. The Morgan fingerprint density at radius 2 is 1.71 bits per heavy atom. The minimum atomic E-state index is -0.318. The minimum Gasteiger partial charge on any atom is -0.294 e. The molecule has 0 spiro atoms. The Bertz CT molecular complexity index is 602. The number of hydrogen-bond donors (Lipinski definition) is 0. The Kier molecular flexibility index (Phi) is 5.44. The van der Waals surface area contributed by atoms with E-state index in [-0.39, 0.29) is 11.7 Å². The lowest BCUT2D eigenvalue weighted by Crippen LogP contribution is -2.09. The summed E-state index contributed by atoms with van der Waals surface area (Å²) in [6, 6.07) is 17.3. The van der Waals surface area contributed by atoms with Gasteiger partial charge >= 0.3 is 0 Å². The average molecular weight is 279 g/mol. The van der Waals surface area contributed by atoms with Crippen molar-refractivity contribution in [2.75, 3.05) is 0 Å². The molecule has 2 aromatic rings. The summed E-state index contributed by atoms with van der Waals surface area (Å²) >= 11 is 0. The first kappa shape index (κ1) is 15.2. The molecule has 2 rings (SSSR count). The SMILES string of the molecule is CCC([C]=O)c1ccccc1C(=O)CCc1ccccc1. The predicted octanol–water partition coefficient (Wildman–Crippen LogP) is 4.11. The van der Waals surface area contributed by atoms with Crippen molar-refractivity contribution in [3.63, 3.8) is 0 Å². The van der Waals surface area contributed by atoms with Crippen LogP contribution in [0.1, 0.15) is 47.2 Å². The minimum absolute atomic E-state index is 0.0863. The van der Waals surface area contributed by atoms with Gasteiger partial charge in [0.2, 0.25) is 6.29 Å². The molecule has 1 radical (unpaired) electrons. The molecule has 0 heterocycles. The van der Waals surface area contributed by atoms with E-state index in [9.17, 15) is 9.59 Å². The number of ketones is 1. The second-order valence-corrected chi connectivity index (χ2v) is 5.07. The molecule has 0 saturated heterocycles. The number of carbonyl (C=O) groups is 1. The number of rotatable bonds is 7.